The first-order chi connectivity index (χ1) is 17.0. The summed E-state index contributed by atoms with van der Waals surface area (Å²) in [5.41, 5.74) is 7.82. The van der Waals surface area contributed by atoms with Crippen molar-refractivity contribution in [3.63, 3.8) is 0 Å². The molecule has 1 amide bonds. The molecule has 4 rings (SSSR count). The predicted octanol–water partition coefficient (Wildman–Crippen LogP) is 3.16. The normalized spacial score (nSPS) is 13.8. The summed E-state index contributed by atoms with van der Waals surface area (Å²) in [7, 11) is 3.15. The number of nitrogens with zero attached hydrogens (tertiary/aromatic N) is 4. The van der Waals surface area contributed by atoms with Crippen LogP contribution in [-0.4, -0.2) is 67.8 Å². The number of piperazine rings is 1. The highest BCUT2D eigenvalue weighted by atomic mass is 16.5. The smallest absolute Gasteiger partial charge is 0.246 e. The van der Waals surface area contributed by atoms with Gasteiger partial charge in [-0.3, -0.25) is 4.79 Å². The first-order valence-electron chi connectivity index (χ1n) is 11.3. The monoisotopic (exact) mass is 475 g/mol. The van der Waals surface area contributed by atoms with Crippen molar-refractivity contribution < 1.29 is 19.0 Å². The molecular weight excluding hydrogens is 446 g/mol. The first kappa shape index (κ1) is 23.9. The molecule has 0 aliphatic carbocycles. The van der Waals surface area contributed by atoms with E-state index in [1.165, 1.54) is 0 Å². The van der Waals surface area contributed by atoms with E-state index in [9.17, 15) is 4.79 Å². The van der Waals surface area contributed by atoms with E-state index in [2.05, 4.69) is 16.5 Å². The van der Waals surface area contributed by atoms with Crippen LogP contribution in [0.4, 0.5) is 11.8 Å². The Labute approximate surface area is 204 Å². The molecule has 1 aromatic heterocycles. The van der Waals surface area contributed by atoms with Gasteiger partial charge in [0.1, 0.15) is 18.2 Å². The number of nitrogens with two attached hydrogens (primary N) is 1. The molecule has 0 bridgehead atoms. The van der Waals surface area contributed by atoms with Crippen LogP contribution in [0.2, 0.25) is 0 Å². The lowest BCUT2D eigenvalue weighted by atomic mass is 10.2. The van der Waals surface area contributed by atoms with Gasteiger partial charge < -0.3 is 29.7 Å². The van der Waals surface area contributed by atoms with E-state index in [-0.39, 0.29) is 5.91 Å². The third-order valence-corrected chi connectivity index (χ3v) is 5.76. The minimum atomic E-state index is -0.0348. The lowest BCUT2D eigenvalue weighted by molar-refractivity contribution is -0.126. The quantitative estimate of drug-likeness (QED) is 0.392. The molecule has 0 unspecified atom stereocenters. The van der Waals surface area contributed by atoms with Gasteiger partial charge in [0.15, 0.2) is 11.5 Å². The molecule has 3 aromatic rings. The second-order valence-corrected chi connectivity index (χ2v) is 7.95. The van der Waals surface area contributed by atoms with Crippen LogP contribution < -0.4 is 24.8 Å². The number of carbonyl (C=O) groups is 1. The lowest BCUT2D eigenvalue weighted by Gasteiger charge is -2.34. The van der Waals surface area contributed by atoms with E-state index < -0.39 is 0 Å². The number of benzene rings is 2. The van der Waals surface area contributed by atoms with Gasteiger partial charge in [-0.05, 0) is 29.8 Å². The number of aromatic nitrogens is 2. The third kappa shape index (κ3) is 5.46. The van der Waals surface area contributed by atoms with Gasteiger partial charge in [-0.15, -0.1) is 0 Å². The van der Waals surface area contributed by atoms with Crippen molar-refractivity contribution >= 4 is 34.7 Å². The van der Waals surface area contributed by atoms with Crippen molar-refractivity contribution in [3.8, 4) is 17.2 Å². The lowest BCUT2D eigenvalue weighted by Crippen LogP contribution is -2.48. The molecule has 0 atom stereocenters. The maximum Gasteiger partial charge on any atom is 0.246 e. The van der Waals surface area contributed by atoms with E-state index in [1.54, 1.807) is 44.6 Å². The Balaban J connectivity index is 1.39. The van der Waals surface area contributed by atoms with E-state index in [1.807, 2.05) is 34.1 Å². The molecule has 2 N–H and O–H groups in total. The van der Waals surface area contributed by atoms with Crippen molar-refractivity contribution in [2.45, 2.75) is 0 Å². The summed E-state index contributed by atoms with van der Waals surface area (Å²) in [5, 5.41) is 0.700. The van der Waals surface area contributed by atoms with Gasteiger partial charge in [0.05, 0.1) is 19.7 Å². The maximum atomic E-state index is 12.7. The number of ether oxygens (including phenoxy) is 3. The van der Waals surface area contributed by atoms with Gasteiger partial charge in [0.25, 0.3) is 0 Å². The van der Waals surface area contributed by atoms with Crippen LogP contribution in [0.25, 0.3) is 17.0 Å². The fourth-order valence-corrected chi connectivity index (χ4v) is 3.84. The predicted molar refractivity (Wildman–Crippen MR) is 137 cm³/mol. The molecule has 1 aliphatic heterocycles. The van der Waals surface area contributed by atoms with Crippen molar-refractivity contribution in [1.29, 1.82) is 0 Å². The van der Waals surface area contributed by atoms with E-state index in [0.717, 1.165) is 11.3 Å². The molecule has 2 aromatic carbocycles. The fraction of sp³-hybridized carbons (Fsp3) is 0.269. The zero-order valence-corrected chi connectivity index (χ0v) is 19.9. The van der Waals surface area contributed by atoms with Gasteiger partial charge in [0, 0.05) is 43.7 Å². The highest BCUT2D eigenvalue weighted by Gasteiger charge is 2.22. The second kappa shape index (κ2) is 10.8. The molecule has 2 heterocycles. The van der Waals surface area contributed by atoms with E-state index in [0.29, 0.717) is 67.0 Å². The molecular formula is C26H29N5O4. The summed E-state index contributed by atoms with van der Waals surface area (Å²) in [4.78, 5) is 25.7. The molecule has 35 heavy (non-hydrogen) atoms. The van der Waals surface area contributed by atoms with E-state index in [4.69, 9.17) is 19.9 Å². The molecule has 9 nitrogen and oxygen atoms in total. The van der Waals surface area contributed by atoms with E-state index >= 15 is 0 Å². The molecule has 0 radical (unpaired) electrons. The maximum absolute atomic E-state index is 12.7. The Morgan fingerprint density at radius 1 is 1.06 bits per heavy atom. The average molecular weight is 476 g/mol. The Hall–Kier alpha value is -4.27. The van der Waals surface area contributed by atoms with Crippen LogP contribution in [0.1, 0.15) is 5.56 Å². The fourth-order valence-electron chi connectivity index (χ4n) is 3.84. The SMILES string of the molecule is C=CCOc1ccc(C=CC(=O)N2CCN(c3nc(N)c4cc(OC)c(OC)cc4n3)CC2)cc1. The molecule has 1 saturated heterocycles. The average Bonchev–Trinajstić information content (AvgIpc) is 2.90. The summed E-state index contributed by atoms with van der Waals surface area (Å²) < 4.78 is 16.2. The number of anilines is 2. The van der Waals surface area contributed by atoms with Gasteiger partial charge in [-0.25, -0.2) is 4.98 Å². The van der Waals surface area contributed by atoms with Crippen LogP contribution in [-0.2, 0) is 4.79 Å². The van der Waals surface area contributed by atoms with Crippen molar-refractivity contribution in [2.24, 2.45) is 0 Å². The van der Waals surface area contributed by atoms with Gasteiger partial charge in [-0.2, -0.15) is 4.98 Å². The van der Waals surface area contributed by atoms with Crippen molar-refractivity contribution in [2.75, 3.05) is 57.6 Å². The summed E-state index contributed by atoms with van der Waals surface area (Å²) in [6.07, 6.45) is 5.10. The Morgan fingerprint density at radius 3 is 2.40 bits per heavy atom. The van der Waals surface area contributed by atoms with Crippen LogP contribution in [0.15, 0.2) is 55.1 Å². The highest BCUT2D eigenvalue weighted by Crippen LogP contribution is 2.34. The zero-order chi connectivity index (χ0) is 24.8. The van der Waals surface area contributed by atoms with Crippen LogP contribution in [0, 0.1) is 0 Å². The summed E-state index contributed by atoms with van der Waals surface area (Å²) in [6, 6.07) is 11.1. The Kier molecular flexibility index (Phi) is 7.35. The molecule has 1 fully saturated rings. The number of rotatable bonds is 8. The van der Waals surface area contributed by atoms with Gasteiger partial charge in [0.2, 0.25) is 11.9 Å². The summed E-state index contributed by atoms with van der Waals surface area (Å²) in [6.45, 7) is 6.42. The minimum absolute atomic E-state index is 0.0348. The number of hydrogen-bond donors (Lipinski definition) is 1. The molecule has 9 heteroatoms. The van der Waals surface area contributed by atoms with Crippen molar-refractivity contribution in [3.05, 3.63) is 60.7 Å². The van der Waals surface area contributed by atoms with Crippen LogP contribution >= 0.6 is 0 Å². The molecule has 182 valence electrons. The largest absolute Gasteiger partial charge is 0.493 e. The van der Waals surface area contributed by atoms with Gasteiger partial charge in [-0.1, -0.05) is 24.8 Å². The van der Waals surface area contributed by atoms with Crippen LogP contribution in [0.3, 0.4) is 0 Å². The minimum Gasteiger partial charge on any atom is -0.493 e. The number of carbonyl (C=O) groups excluding carboxylic acids is 1. The number of amides is 1. The van der Waals surface area contributed by atoms with Gasteiger partial charge >= 0.3 is 0 Å². The number of nitrogen functional groups attached to an aromatic ring is 1. The summed E-state index contributed by atoms with van der Waals surface area (Å²) >= 11 is 0. The molecule has 0 saturated carbocycles. The Bertz CT molecular complexity index is 1230. The topological polar surface area (TPSA) is 103 Å². The third-order valence-electron chi connectivity index (χ3n) is 5.76. The standard InChI is InChI=1S/C26H29N5O4/c1-4-15-35-19-8-5-18(6-9-19)7-10-24(32)30-11-13-31(14-12-30)26-28-21-17-23(34-3)22(33-2)16-20(21)25(27)29-26/h4-10,16-17H,1,11-15H2,2-3H3,(H2,27,28,29). The second-order valence-electron chi connectivity index (χ2n) is 7.95. The highest BCUT2D eigenvalue weighted by molar-refractivity contribution is 5.93. The number of fused-ring (bicyclic) bond motifs is 1. The Morgan fingerprint density at radius 2 is 1.74 bits per heavy atom. The van der Waals surface area contributed by atoms with Crippen LogP contribution in [0.5, 0.6) is 17.2 Å². The number of hydrogen-bond acceptors (Lipinski definition) is 8. The first-order valence-corrected chi connectivity index (χ1v) is 11.3. The zero-order valence-electron chi connectivity index (χ0n) is 19.9. The summed E-state index contributed by atoms with van der Waals surface area (Å²) in [5.74, 6) is 2.77. The number of methoxy groups -OCH3 is 2. The molecule has 1 aliphatic rings. The molecule has 0 spiro atoms. The van der Waals surface area contributed by atoms with Crippen molar-refractivity contribution in [1.82, 2.24) is 14.9 Å².